The molecule has 1 fully saturated rings. The number of hydrogen-bond acceptors (Lipinski definition) is 9. The van der Waals surface area contributed by atoms with Crippen LogP contribution in [0.2, 0.25) is 0 Å². The summed E-state index contributed by atoms with van der Waals surface area (Å²) in [5.74, 6) is 2.97. The maximum absolute atomic E-state index is 6.46. The number of nitrogens with zero attached hydrogens (tertiary/aromatic N) is 3. The Labute approximate surface area is 239 Å². The second-order valence-corrected chi connectivity index (χ2v) is 10.5. The van der Waals surface area contributed by atoms with Gasteiger partial charge in [0.05, 0.1) is 25.4 Å². The first-order chi connectivity index (χ1) is 19.6. The second kappa shape index (κ2) is 13.5. The number of aromatic nitrogens is 2. The molecule has 0 aliphatic carbocycles. The van der Waals surface area contributed by atoms with Crippen molar-refractivity contribution in [1.29, 1.82) is 0 Å². The fourth-order valence-corrected chi connectivity index (χ4v) is 5.47. The number of thioether (sulfide) groups is 1. The molecule has 0 spiro atoms. The molecule has 0 amide bonds. The van der Waals surface area contributed by atoms with E-state index in [4.69, 9.17) is 25.7 Å². The zero-order valence-corrected chi connectivity index (χ0v) is 23.5. The van der Waals surface area contributed by atoms with Gasteiger partial charge in [0.2, 0.25) is 5.95 Å². The van der Waals surface area contributed by atoms with E-state index in [2.05, 4.69) is 57.3 Å². The molecule has 0 radical (unpaired) electrons. The average Bonchev–Trinajstić information content (AvgIpc) is 2.98. The lowest BCUT2D eigenvalue weighted by molar-refractivity contribution is 0.0474. The number of rotatable bonds is 11. The minimum Gasteiger partial charge on any atom is -0.493 e. The summed E-state index contributed by atoms with van der Waals surface area (Å²) in [5.41, 5.74) is 16.7. The first kappa shape index (κ1) is 27.8. The molecular formula is C31H35N5O3S. The Kier molecular flexibility index (Phi) is 9.38. The Balaban J connectivity index is 1.45. The van der Waals surface area contributed by atoms with Gasteiger partial charge < -0.3 is 25.7 Å². The summed E-state index contributed by atoms with van der Waals surface area (Å²) in [4.78, 5) is 11.9. The average molecular weight is 558 g/mol. The van der Waals surface area contributed by atoms with Crippen LogP contribution in [-0.2, 0) is 17.8 Å². The first-order valence-corrected chi connectivity index (χ1v) is 14.4. The van der Waals surface area contributed by atoms with Crippen molar-refractivity contribution in [3.63, 3.8) is 0 Å². The van der Waals surface area contributed by atoms with Crippen LogP contribution in [0.4, 0.5) is 11.8 Å². The number of morpholine rings is 1. The van der Waals surface area contributed by atoms with Crippen LogP contribution in [0.3, 0.4) is 0 Å². The van der Waals surface area contributed by atoms with Gasteiger partial charge in [-0.2, -0.15) is 4.98 Å². The predicted octanol–water partition coefficient (Wildman–Crippen LogP) is 5.26. The van der Waals surface area contributed by atoms with E-state index in [1.165, 1.54) is 4.90 Å². The lowest BCUT2D eigenvalue weighted by atomic mass is 9.98. The lowest BCUT2D eigenvalue weighted by Crippen LogP contribution is -2.35. The van der Waals surface area contributed by atoms with Crippen molar-refractivity contribution in [3.05, 3.63) is 89.6 Å². The molecule has 3 aromatic carbocycles. The summed E-state index contributed by atoms with van der Waals surface area (Å²) < 4.78 is 18.1. The highest BCUT2D eigenvalue weighted by Crippen LogP contribution is 2.41. The molecule has 0 atom stereocenters. The van der Waals surface area contributed by atoms with Crippen LogP contribution in [0.1, 0.15) is 23.6 Å². The normalized spacial score (nSPS) is 13.7. The van der Waals surface area contributed by atoms with Crippen molar-refractivity contribution in [2.45, 2.75) is 24.8 Å². The minimum atomic E-state index is 0.157. The molecule has 9 heteroatoms. The monoisotopic (exact) mass is 557 g/mol. The third kappa shape index (κ3) is 7.24. The molecule has 0 bridgehead atoms. The summed E-state index contributed by atoms with van der Waals surface area (Å²) in [5, 5.41) is 0. The SMILES string of the molecule is CCOc1cc(Cc2cnc(N)nc2N)cc(OCc2ccccc2)c1-c1ccc(SCN2CCOCC2)cc1. The molecule has 208 valence electrons. The van der Waals surface area contributed by atoms with Crippen molar-refractivity contribution >= 4 is 23.5 Å². The molecule has 8 nitrogen and oxygen atoms in total. The fourth-order valence-electron chi connectivity index (χ4n) is 4.55. The Morgan fingerprint density at radius 3 is 2.35 bits per heavy atom. The van der Waals surface area contributed by atoms with Gasteiger partial charge >= 0.3 is 0 Å². The van der Waals surface area contributed by atoms with Crippen LogP contribution in [0.25, 0.3) is 11.1 Å². The highest BCUT2D eigenvalue weighted by atomic mass is 32.2. The molecular weight excluding hydrogens is 522 g/mol. The molecule has 2 heterocycles. The highest BCUT2D eigenvalue weighted by molar-refractivity contribution is 7.99. The van der Waals surface area contributed by atoms with E-state index in [9.17, 15) is 0 Å². The van der Waals surface area contributed by atoms with Crippen LogP contribution in [0, 0.1) is 0 Å². The topological polar surface area (TPSA) is 109 Å². The van der Waals surface area contributed by atoms with Crippen LogP contribution in [0.5, 0.6) is 11.5 Å². The van der Waals surface area contributed by atoms with Crippen molar-refractivity contribution < 1.29 is 14.2 Å². The molecule has 1 aromatic heterocycles. The van der Waals surface area contributed by atoms with E-state index in [1.807, 2.05) is 43.0 Å². The zero-order chi connectivity index (χ0) is 27.7. The van der Waals surface area contributed by atoms with Gasteiger partial charge in [-0.3, -0.25) is 4.90 Å². The molecule has 4 aromatic rings. The number of ether oxygens (including phenoxy) is 3. The van der Waals surface area contributed by atoms with E-state index in [0.29, 0.717) is 25.5 Å². The van der Waals surface area contributed by atoms with Crippen LogP contribution in [-0.4, -0.2) is 53.7 Å². The van der Waals surface area contributed by atoms with Crippen LogP contribution < -0.4 is 20.9 Å². The van der Waals surface area contributed by atoms with Crippen molar-refractivity contribution in [1.82, 2.24) is 14.9 Å². The van der Waals surface area contributed by atoms with Crippen molar-refractivity contribution in [2.75, 3.05) is 50.3 Å². The molecule has 4 N–H and O–H groups in total. The predicted molar refractivity (Wildman–Crippen MR) is 161 cm³/mol. The van der Waals surface area contributed by atoms with Crippen LogP contribution in [0.15, 0.2) is 77.8 Å². The fraction of sp³-hybridized carbons (Fsp3) is 0.290. The number of nitrogen functional groups attached to an aromatic ring is 2. The summed E-state index contributed by atoms with van der Waals surface area (Å²) >= 11 is 1.84. The molecule has 1 saturated heterocycles. The third-order valence-electron chi connectivity index (χ3n) is 6.63. The minimum absolute atomic E-state index is 0.157. The molecule has 1 aliphatic heterocycles. The number of hydrogen-bond donors (Lipinski definition) is 2. The van der Waals surface area contributed by atoms with E-state index < -0.39 is 0 Å². The van der Waals surface area contributed by atoms with E-state index in [-0.39, 0.29) is 5.95 Å². The number of anilines is 2. The van der Waals surface area contributed by atoms with Gasteiger partial charge in [-0.05, 0) is 47.9 Å². The first-order valence-electron chi connectivity index (χ1n) is 13.5. The summed E-state index contributed by atoms with van der Waals surface area (Å²) in [6.45, 7) is 6.51. The Bertz CT molecular complexity index is 1400. The van der Waals surface area contributed by atoms with Crippen LogP contribution >= 0.6 is 11.8 Å². The quantitative estimate of drug-likeness (QED) is 0.239. The van der Waals surface area contributed by atoms with Gasteiger partial charge in [-0.15, -0.1) is 11.8 Å². The zero-order valence-electron chi connectivity index (χ0n) is 22.7. The van der Waals surface area contributed by atoms with Crippen molar-refractivity contribution in [3.8, 4) is 22.6 Å². The molecule has 5 rings (SSSR count). The largest absolute Gasteiger partial charge is 0.493 e. The maximum atomic E-state index is 6.46. The number of nitrogens with two attached hydrogens (primary N) is 2. The summed E-state index contributed by atoms with van der Waals surface area (Å²) in [6, 6.07) is 22.8. The van der Waals surface area contributed by atoms with Crippen molar-refractivity contribution in [2.24, 2.45) is 0 Å². The van der Waals surface area contributed by atoms with Gasteiger partial charge in [0.25, 0.3) is 0 Å². The molecule has 0 unspecified atom stereocenters. The van der Waals surface area contributed by atoms with E-state index in [0.717, 1.165) is 71.5 Å². The third-order valence-corrected chi connectivity index (χ3v) is 7.73. The molecule has 0 saturated carbocycles. The van der Waals surface area contributed by atoms with E-state index >= 15 is 0 Å². The Hall–Kier alpha value is -3.79. The molecule has 1 aliphatic rings. The maximum Gasteiger partial charge on any atom is 0.221 e. The highest BCUT2D eigenvalue weighted by Gasteiger charge is 2.18. The van der Waals surface area contributed by atoms with Gasteiger partial charge in [0, 0.05) is 42.0 Å². The Morgan fingerprint density at radius 1 is 0.925 bits per heavy atom. The van der Waals surface area contributed by atoms with Gasteiger partial charge in [-0.1, -0.05) is 42.5 Å². The Morgan fingerprint density at radius 2 is 1.65 bits per heavy atom. The molecule has 40 heavy (non-hydrogen) atoms. The summed E-state index contributed by atoms with van der Waals surface area (Å²) in [7, 11) is 0. The summed E-state index contributed by atoms with van der Waals surface area (Å²) in [6.07, 6.45) is 2.19. The van der Waals surface area contributed by atoms with E-state index in [1.54, 1.807) is 6.20 Å². The number of benzene rings is 3. The van der Waals surface area contributed by atoms with Gasteiger partial charge in [0.15, 0.2) is 0 Å². The second-order valence-electron chi connectivity index (χ2n) is 9.52. The van der Waals surface area contributed by atoms with Gasteiger partial charge in [-0.25, -0.2) is 4.98 Å². The smallest absolute Gasteiger partial charge is 0.221 e. The standard InChI is InChI=1S/C31H35N5O3S/c1-2-38-27-17-23(16-25-19-34-31(33)35-30(25)32)18-28(39-20-22-6-4-3-5-7-22)29(27)24-8-10-26(11-9-24)40-21-36-12-14-37-15-13-36/h3-11,17-19H,2,12-16,20-21H2,1H3,(H4,32,33,34,35). The van der Waals surface area contributed by atoms with Gasteiger partial charge in [0.1, 0.15) is 23.9 Å². The lowest BCUT2D eigenvalue weighted by Gasteiger charge is -2.26.